The fourth-order valence-electron chi connectivity index (χ4n) is 1.94. The van der Waals surface area contributed by atoms with Crippen LogP contribution in [0.1, 0.15) is 29.8 Å². The highest BCUT2D eigenvalue weighted by Crippen LogP contribution is 2.31. The molecule has 0 saturated carbocycles. The van der Waals surface area contributed by atoms with Crippen LogP contribution in [-0.4, -0.2) is 39.2 Å². The summed E-state index contributed by atoms with van der Waals surface area (Å²) in [5, 5.41) is 2.62. The van der Waals surface area contributed by atoms with E-state index in [-0.39, 0.29) is 5.78 Å². The first-order chi connectivity index (χ1) is 10.0. The average Bonchev–Trinajstić information content (AvgIpc) is 2.46. The molecule has 0 aliphatic heterocycles. The lowest BCUT2D eigenvalue weighted by atomic mass is 10.0. The molecule has 0 aliphatic carbocycles. The molecule has 1 N–H and O–H groups in total. The highest BCUT2D eigenvalue weighted by molar-refractivity contribution is 5.96. The summed E-state index contributed by atoms with van der Waals surface area (Å²) in [6, 6.07) is 3.41. The lowest BCUT2D eigenvalue weighted by molar-refractivity contribution is 0.101. The fraction of sp³-hybridized carbons (Fsp3) is 0.467. The van der Waals surface area contributed by atoms with Gasteiger partial charge in [0, 0.05) is 12.1 Å². The van der Waals surface area contributed by atoms with Gasteiger partial charge in [0.25, 0.3) is 0 Å². The van der Waals surface area contributed by atoms with Crippen molar-refractivity contribution in [1.29, 1.82) is 0 Å². The summed E-state index contributed by atoms with van der Waals surface area (Å²) in [6.07, 6.45) is 0.0241. The van der Waals surface area contributed by atoms with Crippen molar-refractivity contribution in [2.45, 2.75) is 20.3 Å². The summed E-state index contributed by atoms with van der Waals surface area (Å²) in [7, 11) is 3.05. The van der Waals surface area contributed by atoms with E-state index in [2.05, 4.69) is 5.32 Å². The fourth-order valence-corrected chi connectivity index (χ4v) is 1.94. The molecule has 0 heterocycles. The molecular formula is C15H21NO5. The number of ketones is 1. The van der Waals surface area contributed by atoms with Crippen molar-refractivity contribution in [3.8, 4) is 11.5 Å². The topological polar surface area (TPSA) is 73.9 Å². The highest BCUT2D eigenvalue weighted by Gasteiger charge is 2.14. The highest BCUT2D eigenvalue weighted by atomic mass is 16.5. The van der Waals surface area contributed by atoms with Crippen LogP contribution in [0.3, 0.4) is 0 Å². The van der Waals surface area contributed by atoms with Crippen LogP contribution in [0.5, 0.6) is 11.5 Å². The minimum Gasteiger partial charge on any atom is -0.493 e. The number of rotatable bonds is 7. The molecule has 0 radical (unpaired) electrons. The minimum atomic E-state index is -0.470. The number of Topliss-reactive ketones (excluding diaryl/α,β-unsaturated/α-hetero) is 1. The Labute approximate surface area is 124 Å². The Morgan fingerprint density at radius 2 is 1.76 bits per heavy atom. The zero-order valence-corrected chi connectivity index (χ0v) is 12.8. The van der Waals surface area contributed by atoms with Crippen LogP contribution in [0.4, 0.5) is 4.79 Å². The Bertz CT molecular complexity index is 513. The Morgan fingerprint density at radius 3 is 2.29 bits per heavy atom. The van der Waals surface area contributed by atoms with E-state index in [4.69, 9.17) is 14.2 Å². The predicted molar refractivity (Wildman–Crippen MR) is 78.3 cm³/mol. The number of carbonyl (C=O) groups is 2. The molecule has 0 aromatic heterocycles. The van der Waals surface area contributed by atoms with Crippen LogP contribution < -0.4 is 14.8 Å². The monoisotopic (exact) mass is 295 g/mol. The van der Waals surface area contributed by atoms with Crippen molar-refractivity contribution >= 4 is 11.9 Å². The van der Waals surface area contributed by atoms with Gasteiger partial charge < -0.3 is 19.5 Å². The third-order valence-corrected chi connectivity index (χ3v) is 2.93. The second-order valence-corrected chi connectivity index (χ2v) is 4.32. The number of amides is 1. The first-order valence-corrected chi connectivity index (χ1v) is 6.69. The molecule has 6 nitrogen and oxygen atoms in total. The van der Waals surface area contributed by atoms with Gasteiger partial charge in [0.1, 0.15) is 0 Å². The summed E-state index contributed by atoms with van der Waals surface area (Å²) in [5.74, 6) is 0.987. The standard InChI is InChI=1S/C15H21NO5/c1-5-21-15(18)16-7-6-11-8-13(19-3)14(20-4)9-12(11)10(2)17/h8-9H,5-7H2,1-4H3,(H,16,18). The molecular weight excluding hydrogens is 274 g/mol. The van der Waals surface area contributed by atoms with Gasteiger partial charge in [0.2, 0.25) is 0 Å². The first kappa shape index (κ1) is 16.8. The molecule has 0 saturated heterocycles. The van der Waals surface area contributed by atoms with Crippen molar-refractivity contribution in [1.82, 2.24) is 5.32 Å². The normalized spacial score (nSPS) is 9.90. The van der Waals surface area contributed by atoms with E-state index in [1.807, 2.05) is 0 Å². The second-order valence-electron chi connectivity index (χ2n) is 4.32. The number of carbonyl (C=O) groups excluding carboxylic acids is 2. The summed E-state index contributed by atoms with van der Waals surface area (Å²) in [6.45, 7) is 3.92. The van der Waals surface area contributed by atoms with E-state index in [9.17, 15) is 9.59 Å². The van der Waals surface area contributed by atoms with Crippen LogP contribution >= 0.6 is 0 Å². The van der Waals surface area contributed by atoms with E-state index in [1.165, 1.54) is 21.1 Å². The summed E-state index contributed by atoms with van der Waals surface area (Å²) >= 11 is 0. The zero-order chi connectivity index (χ0) is 15.8. The molecule has 0 aliphatic rings. The maximum absolute atomic E-state index is 11.7. The van der Waals surface area contributed by atoms with Crippen molar-refractivity contribution in [3.63, 3.8) is 0 Å². The predicted octanol–water partition coefficient (Wildman–Crippen LogP) is 2.20. The smallest absolute Gasteiger partial charge is 0.407 e. The van der Waals surface area contributed by atoms with Crippen molar-refractivity contribution in [2.24, 2.45) is 0 Å². The van der Waals surface area contributed by atoms with Crippen LogP contribution in [0, 0.1) is 0 Å². The Morgan fingerprint density at radius 1 is 1.14 bits per heavy atom. The van der Waals surface area contributed by atoms with Gasteiger partial charge in [-0.1, -0.05) is 0 Å². The van der Waals surface area contributed by atoms with E-state index in [1.54, 1.807) is 19.1 Å². The number of ether oxygens (including phenoxy) is 3. The van der Waals surface area contributed by atoms with Gasteiger partial charge in [-0.2, -0.15) is 0 Å². The van der Waals surface area contributed by atoms with Crippen LogP contribution in [-0.2, 0) is 11.2 Å². The maximum atomic E-state index is 11.7. The van der Waals surface area contributed by atoms with Crippen molar-refractivity contribution in [3.05, 3.63) is 23.3 Å². The lowest BCUT2D eigenvalue weighted by Crippen LogP contribution is -2.26. The van der Waals surface area contributed by atoms with Crippen LogP contribution in [0.2, 0.25) is 0 Å². The number of hydrogen-bond acceptors (Lipinski definition) is 5. The molecule has 6 heteroatoms. The van der Waals surface area contributed by atoms with Crippen LogP contribution in [0.25, 0.3) is 0 Å². The number of hydrogen-bond donors (Lipinski definition) is 1. The number of nitrogens with one attached hydrogen (secondary N) is 1. The van der Waals surface area contributed by atoms with Crippen LogP contribution in [0.15, 0.2) is 12.1 Å². The van der Waals surface area contributed by atoms with Gasteiger partial charge in [-0.25, -0.2) is 4.79 Å². The van der Waals surface area contributed by atoms with Gasteiger partial charge in [0.15, 0.2) is 17.3 Å². The van der Waals surface area contributed by atoms with E-state index in [0.717, 1.165) is 5.56 Å². The average molecular weight is 295 g/mol. The molecule has 1 rings (SSSR count). The molecule has 0 fully saturated rings. The van der Waals surface area contributed by atoms with Crippen molar-refractivity contribution < 1.29 is 23.8 Å². The van der Waals surface area contributed by atoms with Gasteiger partial charge in [-0.15, -0.1) is 0 Å². The summed E-state index contributed by atoms with van der Waals surface area (Å²) < 4.78 is 15.2. The lowest BCUT2D eigenvalue weighted by Gasteiger charge is -2.13. The van der Waals surface area contributed by atoms with Crippen molar-refractivity contribution in [2.75, 3.05) is 27.4 Å². The summed E-state index contributed by atoms with van der Waals surface area (Å²) in [5.41, 5.74) is 1.34. The molecule has 0 spiro atoms. The molecule has 116 valence electrons. The van der Waals surface area contributed by atoms with Gasteiger partial charge in [-0.05, 0) is 38.0 Å². The number of methoxy groups -OCH3 is 2. The summed E-state index contributed by atoms with van der Waals surface area (Å²) in [4.78, 5) is 23.0. The number of benzene rings is 1. The second kappa shape index (κ2) is 8.14. The molecule has 0 atom stereocenters. The molecule has 0 bridgehead atoms. The third-order valence-electron chi connectivity index (χ3n) is 2.93. The Hall–Kier alpha value is -2.24. The molecule has 0 unspecified atom stereocenters. The van der Waals surface area contributed by atoms with Gasteiger partial charge in [0.05, 0.1) is 20.8 Å². The van der Waals surface area contributed by atoms with Gasteiger partial charge in [-0.3, -0.25) is 4.79 Å². The van der Waals surface area contributed by atoms with Gasteiger partial charge >= 0.3 is 6.09 Å². The molecule has 1 aromatic carbocycles. The largest absolute Gasteiger partial charge is 0.493 e. The number of alkyl carbamates (subject to hydrolysis) is 1. The molecule has 21 heavy (non-hydrogen) atoms. The maximum Gasteiger partial charge on any atom is 0.407 e. The van der Waals surface area contributed by atoms with E-state index < -0.39 is 6.09 Å². The Kier molecular flexibility index (Phi) is 6.52. The third kappa shape index (κ3) is 4.66. The van der Waals surface area contributed by atoms with E-state index in [0.29, 0.717) is 36.6 Å². The first-order valence-electron chi connectivity index (χ1n) is 6.69. The zero-order valence-electron chi connectivity index (χ0n) is 12.8. The quantitative estimate of drug-likeness (QED) is 0.781. The Balaban J connectivity index is 2.89. The molecule has 1 aromatic rings. The molecule has 1 amide bonds. The minimum absolute atomic E-state index is 0.0675. The van der Waals surface area contributed by atoms with E-state index >= 15 is 0 Å². The SMILES string of the molecule is CCOC(=O)NCCc1cc(OC)c(OC)cc1C(C)=O.